The molecule has 0 radical (unpaired) electrons. The average molecular weight is 252 g/mol. The predicted octanol–water partition coefficient (Wildman–Crippen LogP) is 2.33. The van der Waals surface area contributed by atoms with E-state index in [4.69, 9.17) is 9.47 Å². The van der Waals surface area contributed by atoms with Crippen LogP contribution >= 0.6 is 0 Å². The van der Waals surface area contributed by atoms with Crippen molar-refractivity contribution in [1.82, 2.24) is 0 Å². The molecule has 2 bridgehead atoms. The van der Waals surface area contributed by atoms with Crippen LogP contribution in [0.3, 0.4) is 0 Å². The molecule has 1 aliphatic carbocycles. The second-order valence-corrected chi connectivity index (χ2v) is 7.52. The summed E-state index contributed by atoms with van der Waals surface area (Å²) in [7, 11) is 0. The van der Waals surface area contributed by atoms with Gasteiger partial charge in [0.15, 0.2) is 5.79 Å². The number of epoxide rings is 1. The molecule has 0 amide bonds. The molecule has 102 valence electrons. The highest BCUT2D eigenvalue weighted by Gasteiger charge is 2.76. The highest BCUT2D eigenvalue weighted by atomic mass is 16.7. The molecular weight excluding hydrogens is 228 g/mol. The summed E-state index contributed by atoms with van der Waals surface area (Å²) < 4.78 is 12.2. The zero-order valence-electron chi connectivity index (χ0n) is 11.6. The van der Waals surface area contributed by atoms with E-state index in [0.717, 1.165) is 13.0 Å². The molecule has 3 heteroatoms. The molecule has 0 aromatic carbocycles. The van der Waals surface area contributed by atoms with Crippen LogP contribution in [-0.2, 0) is 9.47 Å². The molecule has 0 unspecified atom stereocenters. The van der Waals surface area contributed by atoms with Gasteiger partial charge in [-0.3, -0.25) is 0 Å². The van der Waals surface area contributed by atoms with Crippen LogP contribution in [0.25, 0.3) is 0 Å². The SMILES string of the molecule is CC(C)[C@@H]1C[C@@]23O[C@]1(O)C[C@]1(CO1)[C@@H]2CC[C@@H]3C. The summed E-state index contributed by atoms with van der Waals surface area (Å²) in [6, 6.07) is 0. The van der Waals surface area contributed by atoms with Crippen molar-refractivity contribution in [1.29, 1.82) is 0 Å². The second-order valence-electron chi connectivity index (χ2n) is 7.52. The lowest BCUT2D eigenvalue weighted by atomic mass is 9.74. The van der Waals surface area contributed by atoms with E-state index in [-0.39, 0.29) is 17.1 Å². The smallest absolute Gasteiger partial charge is 0.172 e. The maximum Gasteiger partial charge on any atom is 0.172 e. The van der Waals surface area contributed by atoms with Gasteiger partial charge in [-0.1, -0.05) is 20.8 Å². The first-order chi connectivity index (χ1) is 8.42. The largest absolute Gasteiger partial charge is 0.369 e. The number of rotatable bonds is 1. The Kier molecular flexibility index (Phi) is 2.03. The summed E-state index contributed by atoms with van der Waals surface area (Å²) in [5.74, 6) is 0.878. The third-order valence-electron chi connectivity index (χ3n) is 6.30. The van der Waals surface area contributed by atoms with Gasteiger partial charge in [0, 0.05) is 18.3 Å². The quantitative estimate of drug-likeness (QED) is 0.728. The molecule has 3 saturated heterocycles. The molecule has 1 saturated carbocycles. The van der Waals surface area contributed by atoms with Gasteiger partial charge in [0.2, 0.25) is 0 Å². The summed E-state index contributed by atoms with van der Waals surface area (Å²) >= 11 is 0. The molecular formula is C15H24O3. The highest BCUT2D eigenvalue weighted by Crippen LogP contribution is 2.68. The summed E-state index contributed by atoms with van der Waals surface area (Å²) in [6.07, 6.45) is 4.15. The zero-order valence-corrected chi connectivity index (χ0v) is 11.6. The Bertz CT molecular complexity index is 389. The van der Waals surface area contributed by atoms with Gasteiger partial charge in [-0.2, -0.15) is 0 Å². The fourth-order valence-corrected chi connectivity index (χ4v) is 5.29. The van der Waals surface area contributed by atoms with Gasteiger partial charge in [0.25, 0.3) is 0 Å². The van der Waals surface area contributed by atoms with Crippen molar-refractivity contribution >= 4 is 0 Å². The van der Waals surface area contributed by atoms with Crippen molar-refractivity contribution < 1.29 is 14.6 Å². The number of hydrogen-bond acceptors (Lipinski definition) is 3. The van der Waals surface area contributed by atoms with Crippen LogP contribution in [0.2, 0.25) is 0 Å². The first-order valence-corrected chi connectivity index (χ1v) is 7.48. The van der Waals surface area contributed by atoms with E-state index in [1.807, 2.05) is 0 Å². The van der Waals surface area contributed by atoms with E-state index < -0.39 is 5.79 Å². The molecule has 4 aliphatic rings. The lowest BCUT2D eigenvalue weighted by molar-refractivity contribution is -0.297. The molecule has 4 fully saturated rings. The molecule has 4 rings (SSSR count). The van der Waals surface area contributed by atoms with Gasteiger partial charge < -0.3 is 14.6 Å². The second kappa shape index (κ2) is 3.13. The lowest BCUT2D eigenvalue weighted by Gasteiger charge is -2.45. The third kappa shape index (κ3) is 1.17. The van der Waals surface area contributed by atoms with E-state index >= 15 is 0 Å². The standard InChI is InChI=1S/C15H24O3/c1-9(2)11-6-14-10(3)4-5-12(14)13(8-17-13)7-15(11,16)18-14/h9-12,16H,4-8H2,1-3H3/t10-,11-,12-,13-,14-,15+/m0/s1. The van der Waals surface area contributed by atoms with E-state index in [9.17, 15) is 5.11 Å². The van der Waals surface area contributed by atoms with Crippen LogP contribution in [0.4, 0.5) is 0 Å². The highest BCUT2D eigenvalue weighted by molar-refractivity contribution is 5.22. The minimum Gasteiger partial charge on any atom is -0.369 e. The Hall–Kier alpha value is -0.120. The van der Waals surface area contributed by atoms with Crippen LogP contribution in [0, 0.1) is 23.7 Å². The van der Waals surface area contributed by atoms with Crippen molar-refractivity contribution in [2.24, 2.45) is 23.7 Å². The van der Waals surface area contributed by atoms with Crippen LogP contribution < -0.4 is 0 Å². The van der Waals surface area contributed by atoms with Crippen molar-refractivity contribution in [3.63, 3.8) is 0 Å². The summed E-state index contributed by atoms with van der Waals surface area (Å²) in [6.45, 7) is 7.55. The first kappa shape index (κ1) is 11.7. The molecule has 0 aromatic heterocycles. The van der Waals surface area contributed by atoms with Crippen molar-refractivity contribution in [3.05, 3.63) is 0 Å². The van der Waals surface area contributed by atoms with Crippen LogP contribution in [0.1, 0.15) is 46.5 Å². The fraction of sp³-hybridized carbons (Fsp3) is 1.00. The minimum absolute atomic E-state index is 0.0403. The number of aliphatic hydroxyl groups is 1. The third-order valence-corrected chi connectivity index (χ3v) is 6.30. The van der Waals surface area contributed by atoms with Gasteiger partial charge in [0.1, 0.15) is 5.60 Å². The topological polar surface area (TPSA) is 42.0 Å². The molecule has 6 atom stereocenters. The van der Waals surface area contributed by atoms with E-state index in [1.54, 1.807) is 0 Å². The Labute approximate surface area is 109 Å². The Morgan fingerprint density at radius 3 is 2.61 bits per heavy atom. The Morgan fingerprint density at radius 2 is 2.00 bits per heavy atom. The number of fused-ring (bicyclic) bond motifs is 2. The summed E-state index contributed by atoms with van der Waals surface area (Å²) in [5.41, 5.74) is -0.139. The van der Waals surface area contributed by atoms with Gasteiger partial charge in [0.05, 0.1) is 12.2 Å². The Balaban J connectivity index is 1.80. The monoisotopic (exact) mass is 252 g/mol. The van der Waals surface area contributed by atoms with Crippen LogP contribution in [0.15, 0.2) is 0 Å². The normalized spacial score (nSPS) is 61.5. The molecule has 1 N–H and O–H groups in total. The minimum atomic E-state index is -0.931. The number of hydrogen-bond donors (Lipinski definition) is 1. The van der Waals surface area contributed by atoms with E-state index in [1.165, 1.54) is 12.8 Å². The maximum atomic E-state index is 11.0. The predicted molar refractivity (Wildman–Crippen MR) is 66.9 cm³/mol. The first-order valence-electron chi connectivity index (χ1n) is 7.48. The molecule has 3 heterocycles. The van der Waals surface area contributed by atoms with Crippen molar-refractivity contribution in [3.8, 4) is 0 Å². The number of ether oxygens (including phenoxy) is 2. The van der Waals surface area contributed by atoms with Gasteiger partial charge in [-0.15, -0.1) is 0 Å². The van der Waals surface area contributed by atoms with Crippen LogP contribution in [-0.4, -0.2) is 28.7 Å². The van der Waals surface area contributed by atoms with Crippen molar-refractivity contribution in [2.45, 2.75) is 63.4 Å². The average Bonchev–Trinajstić information content (AvgIpc) is 2.87. The van der Waals surface area contributed by atoms with Gasteiger partial charge in [-0.05, 0) is 31.1 Å². The van der Waals surface area contributed by atoms with Gasteiger partial charge in [-0.25, -0.2) is 0 Å². The zero-order chi connectivity index (χ0) is 12.8. The lowest BCUT2D eigenvalue weighted by Crippen LogP contribution is -2.55. The van der Waals surface area contributed by atoms with Crippen molar-refractivity contribution in [2.75, 3.05) is 6.61 Å². The molecule has 3 aliphatic heterocycles. The molecule has 0 aromatic rings. The maximum absolute atomic E-state index is 11.0. The summed E-state index contributed by atoms with van der Waals surface area (Å²) in [5, 5.41) is 11.0. The fourth-order valence-electron chi connectivity index (χ4n) is 5.29. The molecule has 2 spiro atoms. The Morgan fingerprint density at radius 1 is 1.28 bits per heavy atom. The van der Waals surface area contributed by atoms with Crippen LogP contribution in [0.5, 0.6) is 0 Å². The summed E-state index contributed by atoms with van der Waals surface area (Å²) in [4.78, 5) is 0. The van der Waals surface area contributed by atoms with Gasteiger partial charge >= 0.3 is 0 Å². The molecule has 3 nitrogen and oxygen atoms in total. The van der Waals surface area contributed by atoms with E-state index in [2.05, 4.69) is 20.8 Å². The van der Waals surface area contributed by atoms with E-state index in [0.29, 0.717) is 24.2 Å². The molecule has 18 heavy (non-hydrogen) atoms.